The van der Waals surface area contributed by atoms with Crippen LogP contribution in [0, 0.1) is 5.41 Å². The normalized spacial score (nSPS) is 10.3. The highest BCUT2D eigenvalue weighted by molar-refractivity contribution is 5.81. The van der Waals surface area contributed by atoms with E-state index in [1.807, 2.05) is 0 Å². The van der Waals surface area contributed by atoms with Crippen LogP contribution in [-0.2, 0) is 9.59 Å². The van der Waals surface area contributed by atoms with Crippen molar-refractivity contribution in [1.82, 2.24) is 10.9 Å². The van der Waals surface area contributed by atoms with E-state index in [1.165, 1.54) is 0 Å². The largest absolute Gasteiger partial charge is 0.277 e. The number of carbonyl (C=O) groups is 2. The third-order valence-electron chi connectivity index (χ3n) is 0.926. The summed E-state index contributed by atoms with van der Waals surface area (Å²) in [6.45, 7) is 5.28. The van der Waals surface area contributed by atoms with Crippen molar-refractivity contribution in [3.8, 4) is 0 Å². The molecule has 0 fully saturated rings. The lowest BCUT2D eigenvalue weighted by Gasteiger charge is -2.16. The monoisotopic (exact) mass is 144 g/mol. The third-order valence-corrected chi connectivity index (χ3v) is 0.926. The van der Waals surface area contributed by atoms with Crippen molar-refractivity contribution >= 4 is 12.3 Å². The molecule has 0 rings (SSSR count). The fraction of sp³-hybridized carbons (Fsp3) is 0.667. The molecular formula is C6H12N2O2. The van der Waals surface area contributed by atoms with Crippen LogP contribution in [0.2, 0.25) is 0 Å². The van der Waals surface area contributed by atoms with Crippen LogP contribution in [-0.4, -0.2) is 12.3 Å². The van der Waals surface area contributed by atoms with Gasteiger partial charge in [0.2, 0.25) is 12.3 Å². The van der Waals surface area contributed by atoms with E-state index in [9.17, 15) is 9.59 Å². The quantitative estimate of drug-likeness (QED) is 0.417. The van der Waals surface area contributed by atoms with Crippen molar-refractivity contribution in [3.63, 3.8) is 0 Å². The number of hydrazine groups is 1. The van der Waals surface area contributed by atoms with Crippen LogP contribution in [0.1, 0.15) is 20.8 Å². The second-order valence-electron chi connectivity index (χ2n) is 2.97. The van der Waals surface area contributed by atoms with Gasteiger partial charge >= 0.3 is 0 Å². The van der Waals surface area contributed by atoms with E-state index < -0.39 is 5.41 Å². The summed E-state index contributed by atoms with van der Waals surface area (Å²) in [5.74, 6) is -0.209. The summed E-state index contributed by atoms with van der Waals surface area (Å²) in [7, 11) is 0. The summed E-state index contributed by atoms with van der Waals surface area (Å²) in [5, 5.41) is 0. The summed E-state index contributed by atoms with van der Waals surface area (Å²) < 4.78 is 0. The summed E-state index contributed by atoms with van der Waals surface area (Å²) in [5.41, 5.74) is 3.83. The zero-order chi connectivity index (χ0) is 8.20. The van der Waals surface area contributed by atoms with Gasteiger partial charge in [0.25, 0.3) is 0 Å². The predicted molar refractivity (Wildman–Crippen MR) is 36.8 cm³/mol. The smallest absolute Gasteiger partial charge is 0.243 e. The molecule has 0 spiro atoms. The maximum absolute atomic E-state index is 10.9. The second kappa shape index (κ2) is 3.20. The molecule has 0 aliphatic rings. The van der Waals surface area contributed by atoms with Gasteiger partial charge in [0, 0.05) is 5.41 Å². The van der Waals surface area contributed by atoms with Crippen LogP contribution in [0.3, 0.4) is 0 Å². The maximum Gasteiger partial charge on any atom is 0.243 e. The fourth-order valence-electron chi connectivity index (χ4n) is 0.283. The zero-order valence-electron chi connectivity index (χ0n) is 6.39. The van der Waals surface area contributed by atoms with Crippen LogP contribution in [0.25, 0.3) is 0 Å². The Hall–Kier alpha value is -1.06. The molecule has 4 heteroatoms. The van der Waals surface area contributed by atoms with E-state index in [4.69, 9.17) is 0 Å². The minimum absolute atomic E-state index is 0.209. The van der Waals surface area contributed by atoms with Gasteiger partial charge in [-0.05, 0) is 0 Å². The molecule has 0 aromatic heterocycles. The predicted octanol–water partition coefficient (Wildman–Crippen LogP) is -0.190. The van der Waals surface area contributed by atoms with Crippen molar-refractivity contribution < 1.29 is 9.59 Å². The highest BCUT2D eigenvalue weighted by Gasteiger charge is 2.20. The summed E-state index contributed by atoms with van der Waals surface area (Å²) >= 11 is 0. The lowest BCUT2D eigenvalue weighted by Crippen LogP contribution is -2.43. The van der Waals surface area contributed by atoms with Crippen molar-refractivity contribution in [3.05, 3.63) is 0 Å². The molecule has 0 saturated heterocycles. The van der Waals surface area contributed by atoms with Crippen molar-refractivity contribution in [1.29, 1.82) is 0 Å². The lowest BCUT2D eigenvalue weighted by atomic mass is 9.96. The summed E-state index contributed by atoms with van der Waals surface area (Å²) in [6.07, 6.45) is 0.420. The first-order valence-corrected chi connectivity index (χ1v) is 2.98. The second-order valence-corrected chi connectivity index (χ2v) is 2.97. The van der Waals surface area contributed by atoms with E-state index in [-0.39, 0.29) is 5.91 Å². The molecule has 10 heavy (non-hydrogen) atoms. The fourth-order valence-corrected chi connectivity index (χ4v) is 0.283. The zero-order valence-corrected chi connectivity index (χ0v) is 6.39. The van der Waals surface area contributed by atoms with Crippen molar-refractivity contribution in [2.75, 3.05) is 0 Å². The first kappa shape index (κ1) is 8.94. The molecule has 0 aromatic rings. The topological polar surface area (TPSA) is 58.2 Å². The van der Waals surface area contributed by atoms with E-state index in [1.54, 1.807) is 20.8 Å². The molecule has 2 amide bonds. The molecule has 0 bridgehead atoms. The number of carbonyl (C=O) groups excluding carboxylic acids is 2. The van der Waals surface area contributed by atoms with Crippen molar-refractivity contribution in [2.45, 2.75) is 20.8 Å². The van der Waals surface area contributed by atoms with Gasteiger partial charge < -0.3 is 0 Å². The van der Waals surface area contributed by atoms with E-state index in [2.05, 4.69) is 10.9 Å². The van der Waals surface area contributed by atoms with Gasteiger partial charge in [-0.2, -0.15) is 0 Å². The molecular weight excluding hydrogens is 132 g/mol. The van der Waals surface area contributed by atoms with Crippen molar-refractivity contribution in [2.24, 2.45) is 5.41 Å². The van der Waals surface area contributed by atoms with Gasteiger partial charge in [0.15, 0.2) is 0 Å². The van der Waals surface area contributed by atoms with Gasteiger partial charge in [-0.3, -0.25) is 20.4 Å². The number of nitrogens with one attached hydrogen (secondary N) is 2. The Morgan fingerprint density at radius 2 is 1.90 bits per heavy atom. The molecule has 0 saturated carbocycles. The molecule has 4 nitrogen and oxygen atoms in total. The molecule has 0 radical (unpaired) electrons. The van der Waals surface area contributed by atoms with Crippen LogP contribution in [0.4, 0.5) is 0 Å². The Morgan fingerprint density at radius 1 is 1.40 bits per heavy atom. The van der Waals surface area contributed by atoms with E-state index >= 15 is 0 Å². The van der Waals surface area contributed by atoms with Crippen LogP contribution in [0.5, 0.6) is 0 Å². The first-order valence-electron chi connectivity index (χ1n) is 2.98. The number of rotatable bonds is 2. The summed E-state index contributed by atoms with van der Waals surface area (Å²) in [6, 6.07) is 0. The first-order chi connectivity index (χ1) is 4.48. The van der Waals surface area contributed by atoms with Gasteiger partial charge in [0.05, 0.1) is 0 Å². The van der Waals surface area contributed by atoms with Gasteiger partial charge in [-0.1, -0.05) is 20.8 Å². The average molecular weight is 144 g/mol. The molecule has 0 unspecified atom stereocenters. The lowest BCUT2D eigenvalue weighted by molar-refractivity contribution is -0.131. The number of amides is 2. The molecule has 0 atom stereocenters. The number of hydrogen-bond donors (Lipinski definition) is 2. The Labute approximate surface area is 60.0 Å². The Bertz CT molecular complexity index is 137. The molecule has 2 N–H and O–H groups in total. The molecule has 0 aliphatic heterocycles. The Morgan fingerprint density at radius 3 is 2.20 bits per heavy atom. The molecule has 0 aromatic carbocycles. The Kier molecular flexibility index (Phi) is 2.86. The van der Waals surface area contributed by atoms with Crippen LogP contribution >= 0.6 is 0 Å². The maximum atomic E-state index is 10.9. The average Bonchev–Trinajstić information content (AvgIpc) is 1.80. The highest BCUT2D eigenvalue weighted by atomic mass is 16.2. The number of hydrogen-bond acceptors (Lipinski definition) is 2. The molecule has 0 aliphatic carbocycles. The third kappa shape index (κ3) is 3.06. The molecule has 58 valence electrons. The standard InChI is InChI=1S/C6H12N2O2/c1-6(2,3)5(10)8-7-4-9/h4H,1-3H3,(H,7,9)(H,8,10). The SMILES string of the molecule is CC(C)(C)C(=O)NNC=O. The van der Waals surface area contributed by atoms with Gasteiger partial charge in [-0.25, -0.2) is 0 Å². The minimum Gasteiger partial charge on any atom is -0.277 e. The Balaban J connectivity index is 3.74. The van der Waals surface area contributed by atoms with E-state index in [0.29, 0.717) is 6.41 Å². The highest BCUT2D eigenvalue weighted by Crippen LogP contribution is 2.11. The van der Waals surface area contributed by atoms with Crippen LogP contribution < -0.4 is 10.9 Å². The van der Waals surface area contributed by atoms with Crippen LogP contribution in [0.15, 0.2) is 0 Å². The van der Waals surface area contributed by atoms with Gasteiger partial charge in [-0.15, -0.1) is 0 Å². The molecule has 0 heterocycles. The van der Waals surface area contributed by atoms with Gasteiger partial charge in [0.1, 0.15) is 0 Å². The minimum atomic E-state index is -0.462. The summed E-state index contributed by atoms with van der Waals surface area (Å²) in [4.78, 5) is 20.6. The van der Waals surface area contributed by atoms with E-state index in [0.717, 1.165) is 0 Å².